The van der Waals surface area contributed by atoms with Gasteiger partial charge in [0.2, 0.25) is 11.8 Å². The molecule has 11 heteroatoms. The number of rotatable bonds is 12. The lowest BCUT2D eigenvalue weighted by atomic mass is 10.1. The van der Waals surface area contributed by atoms with Crippen LogP contribution in [0.5, 0.6) is 5.75 Å². The maximum atomic E-state index is 14.0. The number of benzene rings is 3. The number of nitrogens with one attached hydrogen (secondary N) is 1. The lowest BCUT2D eigenvalue weighted by molar-refractivity contribution is -0.139. The monoisotopic (exact) mass is 605 g/mol. The fourth-order valence-electron chi connectivity index (χ4n) is 4.00. The SMILES string of the molecule is CCCNC(=O)C(C)N(Cc1ccc(Cl)cc1Cl)C(=O)CN(c1ccccc1OC)S(=O)(=O)c1ccc(C)cc1. The van der Waals surface area contributed by atoms with Crippen LogP contribution in [-0.4, -0.2) is 51.4 Å². The number of ether oxygens (including phenoxy) is 1. The predicted octanol–water partition coefficient (Wildman–Crippen LogP) is 5.45. The van der Waals surface area contributed by atoms with Crippen LogP contribution in [0, 0.1) is 6.92 Å². The van der Waals surface area contributed by atoms with Gasteiger partial charge in [0, 0.05) is 23.1 Å². The number of hydrogen-bond donors (Lipinski definition) is 1. The molecule has 0 heterocycles. The fraction of sp³-hybridized carbons (Fsp3) is 0.310. The molecule has 1 N–H and O–H groups in total. The van der Waals surface area contributed by atoms with Crippen LogP contribution < -0.4 is 14.4 Å². The molecular formula is C29H33Cl2N3O5S. The Bertz CT molecular complexity index is 1450. The summed E-state index contributed by atoms with van der Waals surface area (Å²) in [7, 11) is -2.79. The molecule has 1 atom stereocenters. The summed E-state index contributed by atoms with van der Waals surface area (Å²) >= 11 is 12.5. The predicted molar refractivity (Wildman–Crippen MR) is 158 cm³/mol. The van der Waals surface area contributed by atoms with Gasteiger partial charge in [-0.3, -0.25) is 13.9 Å². The standard InChI is InChI=1S/C29H33Cl2N3O5S/c1-5-16-32-29(36)21(3)33(18-22-12-13-23(30)17-25(22)31)28(35)19-34(26-8-6-7-9-27(26)39-4)40(37,38)24-14-10-20(2)11-15-24/h6-15,17,21H,5,16,18-19H2,1-4H3,(H,32,36). The van der Waals surface area contributed by atoms with E-state index in [1.165, 1.54) is 24.1 Å². The Labute approximate surface area is 245 Å². The topological polar surface area (TPSA) is 96.0 Å². The van der Waals surface area contributed by atoms with E-state index in [1.54, 1.807) is 61.5 Å². The smallest absolute Gasteiger partial charge is 0.264 e. The van der Waals surface area contributed by atoms with Crippen molar-refractivity contribution >= 4 is 50.7 Å². The first kappa shape index (κ1) is 31.3. The molecule has 0 saturated heterocycles. The van der Waals surface area contributed by atoms with Gasteiger partial charge in [0.25, 0.3) is 10.0 Å². The number of para-hydroxylation sites is 2. The molecule has 1 unspecified atom stereocenters. The largest absolute Gasteiger partial charge is 0.495 e. The fourth-order valence-corrected chi connectivity index (χ4v) is 5.89. The third-order valence-corrected chi connectivity index (χ3v) is 8.67. The molecule has 0 saturated carbocycles. The summed E-state index contributed by atoms with van der Waals surface area (Å²) < 4.78 is 34.4. The number of amides is 2. The number of aryl methyl sites for hydroxylation is 1. The summed E-state index contributed by atoms with van der Waals surface area (Å²) in [5.74, 6) is -0.704. The van der Waals surface area contributed by atoms with Gasteiger partial charge in [0.15, 0.2) is 0 Å². The lowest BCUT2D eigenvalue weighted by Crippen LogP contribution is -2.51. The van der Waals surface area contributed by atoms with Gasteiger partial charge in [-0.2, -0.15) is 0 Å². The molecule has 0 aliphatic heterocycles. The van der Waals surface area contributed by atoms with Crippen molar-refractivity contribution in [2.45, 2.75) is 44.7 Å². The Hall–Kier alpha value is -3.27. The molecule has 3 rings (SSSR count). The minimum Gasteiger partial charge on any atom is -0.495 e. The Morgan fingerprint density at radius 3 is 2.33 bits per heavy atom. The molecule has 0 fully saturated rings. The number of methoxy groups -OCH3 is 1. The average Bonchev–Trinajstić information content (AvgIpc) is 2.93. The van der Waals surface area contributed by atoms with Crippen LogP contribution in [0.4, 0.5) is 5.69 Å². The Morgan fingerprint density at radius 1 is 1.02 bits per heavy atom. The van der Waals surface area contributed by atoms with Crippen molar-refractivity contribution in [3.8, 4) is 5.75 Å². The number of carbonyl (C=O) groups excluding carboxylic acids is 2. The van der Waals surface area contributed by atoms with E-state index in [0.29, 0.717) is 28.6 Å². The first-order chi connectivity index (χ1) is 19.0. The highest BCUT2D eigenvalue weighted by atomic mass is 35.5. The minimum absolute atomic E-state index is 0.0119. The highest BCUT2D eigenvalue weighted by Crippen LogP contribution is 2.33. The molecule has 8 nitrogen and oxygen atoms in total. The van der Waals surface area contributed by atoms with Gasteiger partial charge in [-0.25, -0.2) is 8.42 Å². The van der Waals surface area contributed by atoms with Gasteiger partial charge in [-0.15, -0.1) is 0 Å². The van der Waals surface area contributed by atoms with E-state index in [-0.39, 0.29) is 28.8 Å². The van der Waals surface area contributed by atoms with Gasteiger partial charge < -0.3 is 15.0 Å². The van der Waals surface area contributed by atoms with Crippen molar-refractivity contribution in [2.75, 3.05) is 24.5 Å². The molecule has 0 bridgehead atoms. The average molecular weight is 607 g/mol. The van der Waals surface area contributed by atoms with Crippen LogP contribution in [0.3, 0.4) is 0 Å². The summed E-state index contributed by atoms with van der Waals surface area (Å²) in [6.07, 6.45) is 0.714. The van der Waals surface area contributed by atoms with Crippen molar-refractivity contribution in [3.05, 3.63) is 87.9 Å². The normalized spacial score (nSPS) is 11.9. The second-order valence-electron chi connectivity index (χ2n) is 9.22. The highest BCUT2D eigenvalue weighted by molar-refractivity contribution is 7.92. The zero-order valence-corrected chi connectivity index (χ0v) is 25.2. The van der Waals surface area contributed by atoms with E-state index in [4.69, 9.17) is 27.9 Å². The van der Waals surface area contributed by atoms with Crippen LogP contribution in [-0.2, 0) is 26.2 Å². The number of hydrogen-bond acceptors (Lipinski definition) is 5. The van der Waals surface area contributed by atoms with E-state index < -0.39 is 28.5 Å². The molecule has 0 aliphatic carbocycles. The van der Waals surface area contributed by atoms with Crippen LogP contribution in [0.15, 0.2) is 71.6 Å². The summed E-state index contributed by atoms with van der Waals surface area (Å²) in [5.41, 5.74) is 1.63. The van der Waals surface area contributed by atoms with Crippen molar-refractivity contribution < 1.29 is 22.7 Å². The molecule has 40 heavy (non-hydrogen) atoms. The van der Waals surface area contributed by atoms with Gasteiger partial charge in [0.05, 0.1) is 17.7 Å². The van der Waals surface area contributed by atoms with Crippen LogP contribution in [0.1, 0.15) is 31.4 Å². The van der Waals surface area contributed by atoms with Gasteiger partial charge >= 0.3 is 0 Å². The summed E-state index contributed by atoms with van der Waals surface area (Å²) in [4.78, 5) is 28.3. The lowest BCUT2D eigenvalue weighted by Gasteiger charge is -2.32. The van der Waals surface area contributed by atoms with Crippen molar-refractivity contribution in [1.29, 1.82) is 0 Å². The first-order valence-electron chi connectivity index (χ1n) is 12.7. The molecule has 3 aromatic rings. The molecule has 214 valence electrons. The van der Waals surface area contributed by atoms with Crippen molar-refractivity contribution in [2.24, 2.45) is 0 Å². The molecular weight excluding hydrogens is 573 g/mol. The van der Waals surface area contributed by atoms with Crippen LogP contribution in [0.2, 0.25) is 10.0 Å². The number of anilines is 1. The van der Waals surface area contributed by atoms with E-state index >= 15 is 0 Å². The van der Waals surface area contributed by atoms with Gasteiger partial charge in [-0.1, -0.05) is 66.0 Å². The minimum atomic E-state index is -4.22. The zero-order chi connectivity index (χ0) is 29.4. The molecule has 0 aromatic heterocycles. The first-order valence-corrected chi connectivity index (χ1v) is 14.9. The second-order valence-corrected chi connectivity index (χ2v) is 11.9. The number of nitrogens with zero attached hydrogens (tertiary/aromatic N) is 2. The quantitative estimate of drug-likeness (QED) is 0.296. The van der Waals surface area contributed by atoms with E-state index in [0.717, 1.165) is 9.87 Å². The number of carbonyl (C=O) groups is 2. The Morgan fingerprint density at radius 2 is 1.70 bits per heavy atom. The van der Waals surface area contributed by atoms with Gasteiger partial charge in [-0.05, 0) is 62.2 Å². The van der Waals surface area contributed by atoms with Gasteiger partial charge in [0.1, 0.15) is 18.3 Å². The molecule has 0 aliphatic rings. The van der Waals surface area contributed by atoms with Crippen LogP contribution >= 0.6 is 23.2 Å². The van der Waals surface area contributed by atoms with Crippen molar-refractivity contribution in [1.82, 2.24) is 10.2 Å². The second kappa shape index (κ2) is 13.9. The third-order valence-electron chi connectivity index (χ3n) is 6.31. The summed E-state index contributed by atoms with van der Waals surface area (Å²) in [6.45, 7) is 5.16. The van der Waals surface area contributed by atoms with E-state index in [2.05, 4.69) is 5.32 Å². The van der Waals surface area contributed by atoms with E-state index in [1.807, 2.05) is 13.8 Å². The number of sulfonamides is 1. The maximum Gasteiger partial charge on any atom is 0.264 e. The van der Waals surface area contributed by atoms with Crippen molar-refractivity contribution in [3.63, 3.8) is 0 Å². The zero-order valence-electron chi connectivity index (χ0n) is 22.9. The summed E-state index contributed by atoms with van der Waals surface area (Å²) in [6, 6.07) is 16.8. The Balaban J connectivity index is 2.08. The molecule has 0 radical (unpaired) electrons. The Kier molecular flexibility index (Phi) is 10.8. The highest BCUT2D eigenvalue weighted by Gasteiger charge is 2.34. The third kappa shape index (κ3) is 7.47. The maximum absolute atomic E-state index is 14.0. The summed E-state index contributed by atoms with van der Waals surface area (Å²) in [5, 5.41) is 3.55. The number of halogens is 2. The molecule has 3 aromatic carbocycles. The van der Waals surface area contributed by atoms with E-state index in [9.17, 15) is 18.0 Å². The molecule has 2 amide bonds. The van der Waals surface area contributed by atoms with Crippen LogP contribution in [0.25, 0.3) is 0 Å². The molecule has 0 spiro atoms.